The average Bonchev–Trinajstić information content (AvgIpc) is 2.72. The highest BCUT2D eigenvalue weighted by molar-refractivity contribution is 7.14. The van der Waals surface area contributed by atoms with Crippen molar-refractivity contribution in [3.8, 4) is 0 Å². The number of thiophene rings is 1. The first-order valence-corrected chi connectivity index (χ1v) is 6.90. The van der Waals surface area contributed by atoms with E-state index in [-0.39, 0.29) is 6.04 Å². The van der Waals surface area contributed by atoms with Crippen LogP contribution in [0.1, 0.15) is 29.7 Å². The minimum absolute atomic E-state index is 0.277. The molecule has 2 rings (SSSR count). The second kappa shape index (κ2) is 5.11. The lowest BCUT2D eigenvalue weighted by Crippen LogP contribution is -2.07. The van der Waals surface area contributed by atoms with Gasteiger partial charge in [0, 0.05) is 11.7 Å². The maximum absolute atomic E-state index is 5.95. The summed E-state index contributed by atoms with van der Waals surface area (Å²) in [5.41, 5.74) is 5.05. The van der Waals surface area contributed by atoms with Crippen LogP contribution >= 0.6 is 22.9 Å². The lowest BCUT2D eigenvalue weighted by Gasteiger charge is -2.17. The molecule has 1 aromatic carbocycles. The van der Waals surface area contributed by atoms with Crippen LogP contribution in [0.15, 0.2) is 29.6 Å². The Balaban J connectivity index is 2.18. The number of benzene rings is 1. The van der Waals surface area contributed by atoms with Crippen LogP contribution in [0.5, 0.6) is 0 Å². The van der Waals surface area contributed by atoms with Crippen LogP contribution in [0.4, 0.5) is 5.69 Å². The van der Waals surface area contributed by atoms with Crippen molar-refractivity contribution in [3.63, 3.8) is 0 Å². The molecule has 1 N–H and O–H groups in total. The van der Waals surface area contributed by atoms with Crippen LogP contribution in [-0.2, 0) is 0 Å². The fraction of sp³-hybridized carbons (Fsp3) is 0.286. The summed E-state index contributed by atoms with van der Waals surface area (Å²) >= 11 is 7.53. The van der Waals surface area contributed by atoms with E-state index in [1.807, 2.05) is 6.07 Å². The number of halogens is 1. The monoisotopic (exact) mass is 265 g/mol. The van der Waals surface area contributed by atoms with Gasteiger partial charge < -0.3 is 5.32 Å². The molecule has 17 heavy (non-hydrogen) atoms. The van der Waals surface area contributed by atoms with Gasteiger partial charge in [-0.1, -0.05) is 23.7 Å². The van der Waals surface area contributed by atoms with Crippen LogP contribution < -0.4 is 5.32 Å². The molecule has 0 aliphatic heterocycles. The van der Waals surface area contributed by atoms with E-state index >= 15 is 0 Å². The molecular weight excluding hydrogens is 250 g/mol. The van der Waals surface area contributed by atoms with Gasteiger partial charge in [-0.3, -0.25) is 0 Å². The molecule has 1 aromatic heterocycles. The molecule has 0 aliphatic rings. The Bertz CT molecular complexity index is 519. The summed E-state index contributed by atoms with van der Waals surface area (Å²) in [6.45, 7) is 6.43. The van der Waals surface area contributed by atoms with Crippen molar-refractivity contribution in [2.24, 2.45) is 0 Å². The third-order valence-corrected chi connectivity index (χ3v) is 4.17. The van der Waals surface area contributed by atoms with Crippen molar-refractivity contribution >= 4 is 28.6 Å². The van der Waals surface area contributed by atoms with E-state index in [1.54, 1.807) is 11.3 Å². The van der Waals surface area contributed by atoms with E-state index in [0.717, 1.165) is 4.34 Å². The fourth-order valence-electron chi connectivity index (χ4n) is 1.77. The smallest absolute Gasteiger partial charge is 0.0931 e. The second-order valence-electron chi connectivity index (χ2n) is 4.30. The first-order valence-electron chi connectivity index (χ1n) is 5.64. The summed E-state index contributed by atoms with van der Waals surface area (Å²) in [4.78, 5) is 0. The predicted molar refractivity (Wildman–Crippen MR) is 77.3 cm³/mol. The van der Waals surface area contributed by atoms with Crippen molar-refractivity contribution in [1.29, 1.82) is 0 Å². The molecule has 0 fully saturated rings. The van der Waals surface area contributed by atoms with E-state index in [4.69, 9.17) is 11.6 Å². The summed E-state index contributed by atoms with van der Waals surface area (Å²) in [5.74, 6) is 0. The van der Waals surface area contributed by atoms with Crippen molar-refractivity contribution < 1.29 is 0 Å². The van der Waals surface area contributed by atoms with Crippen molar-refractivity contribution in [2.75, 3.05) is 5.32 Å². The Labute approximate surface area is 111 Å². The first kappa shape index (κ1) is 12.5. The molecule has 1 atom stereocenters. The molecule has 0 saturated heterocycles. The molecule has 0 saturated carbocycles. The van der Waals surface area contributed by atoms with Gasteiger partial charge in [-0.15, -0.1) is 11.3 Å². The van der Waals surface area contributed by atoms with Crippen LogP contribution in [0.25, 0.3) is 0 Å². The molecule has 1 nitrogen and oxygen atoms in total. The summed E-state index contributed by atoms with van der Waals surface area (Å²) in [5, 5.41) is 5.63. The first-order chi connectivity index (χ1) is 8.08. The average molecular weight is 266 g/mol. The Morgan fingerprint density at radius 3 is 2.71 bits per heavy atom. The fourth-order valence-corrected chi connectivity index (χ4v) is 2.76. The lowest BCUT2D eigenvalue weighted by molar-refractivity contribution is 0.887. The summed E-state index contributed by atoms with van der Waals surface area (Å²) in [7, 11) is 0. The topological polar surface area (TPSA) is 12.0 Å². The van der Waals surface area contributed by atoms with Gasteiger partial charge >= 0.3 is 0 Å². The maximum Gasteiger partial charge on any atom is 0.0931 e. The number of rotatable bonds is 3. The number of anilines is 1. The molecule has 0 aliphatic carbocycles. The molecule has 1 heterocycles. The van der Waals surface area contributed by atoms with Gasteiger partial charge in [-0.25, -0.2) is 0 Å². The zero-order chi connectivity index (χ0) is 12.4. The van der Waals surface area contributed by atoms with Gasteiger partial charge in [-0.05, 0) is 55.0 Å². The zero-order valence-corrected chi connectivity index (χ0v) is 11.8. The van der Waals surface area contributed by atoms with Gasteiger partial charge in [0.25, 0.3) is 0 Å². The SMILES string of the molecule is Cc1cccc(NC(C)c2csc(Cl)c2)c1C. The number of aryl methyl sites for hydroxylation is 1. The maximum atomic E-state index is 5.95. The van der Waals surface area contributed by atoms with Crippen LogP contribution in [0, 0.1) is 13.8 Å². The van der Waals surface area contributed by atoms with E-state index in [0.29, 0.717) is 0 Å². The van der Waals surface area contributed by atoms with E-state index in [9.17, 15) is 0 Å². The molecule has 2 aromatic rings. The molecule has 3 heteroatoms. The van der Waals surface area contributed by atoms with Crippen molar-refractivity contribution in [1.82, 2.24) is 0 Å². The van der Waals surface area contributed by atoms with Gasteiger partial charge in [0.05, 0.1) is 4.34 Å². The van der Waals surface area contributed by atoms with E-state index in [2.05, 4.69) is 49.7 Å². The third kappa shape index (κ3) is 2.82. The van der Waals surface area contributed by atoms with Crippen molar-refractivity contribution in [3.05, 3.63) is 50.7 Å². The highest BCUT2D eigenvalue weighted by Crippen LogP contribution is 2.28. The van der Waals surface area contributed by atoms with Gasteiger partial charge in [-0.2, -0.15) is 0 Å². The molecule has 0 radical (unpaired) electrons. The molecule has 90 valence electrons. The normalized spacial score (nSPS) is 12.5. The molecular formula is C14H16ClNS. The number of hydrogen-bond donors (Lipinski definition) is 1. The van der Waals surface area contributed by atoms with Crippen LogP contribution in [0.3, 0.4) is 0 Å². The standard InChI is InChI=1S/C14H16ClNS/c1-9-5-4-6-13(10(9)2)16-11(3)12-7-14(15)17-8-12/h4-8,11,16H,1-3H3. The lowest BCUT2D eigenvalue weighted by atomic mass is 10.1. The Hall–Kier alpha value is -0.990. The molecule has 0 bridgehead atoms. The summed E-state index contributed by atoms with van der Waals surface area (Å²) < 4.78 is 0.842. The quantitative estimate of drug-likeness (QED) is 0.805. The number of nitrogens with one attached hydrogen (secondary N) is 1. The largest absolute Gasteiger partial charge is 0.378 e. The van der Waals surface area contributed by atoms with Crippen LogP contribution in [-0.4, -0.2) is 0 Å². The minimum Gasteiger partial charge on any atom is -0.378 e. The van der Waals surface area contributed by atoms with Crippen LogP contribution in [0.2, 0.25) is 4.34 Å². The predicted octanol–water partition coefficient (Wildman–Crippen LogP) is 5.19. The molecule has 0 amide bonds. The zero-order valence-electron chi connectivity index (χ0n) is 10.3. The Morgan fingerprint density at radius 1 is 1.29 bits per heavy atom. The molecule has 1 unspecified atom stereocenters. The Morgan fingerprint density at radius 2 is 2.06 bits per heavy atom. The highest BCUT2D eigenvalue weighted by Gasteiger charge is 2.09. The van der Waals surface area contributed by atoms with E-state index in [1.165, 1.54) is 22.4 Å². The number of hydrogen-bond acceptors (Lipinski definition) is 2. The van der Waals surface area contributed by atoms with Gasteiger partial charge in [0.2, 0.25) is 0 Å². The highest BCUT2D eigenvalue weighted by atomic mass is 35.5. The van der Waals surface area contributed by atoms with E-state index < -0.39 is 0 Å². The Kier molecular flexibility index (Phi) is 3.75. The van der Waals surface area contributed by atoms with Gasteiger partial charge in [0.15, 0.2) is 0 Å². The summed E-state index contributed by atoms with van der Waals surface area (Å²) in [6, 6.07) is 8.63. The van der Waals surface area contributed by atoms with Gasteiger partial charge in [0.1, 0.15) is 0 Å². The molecule has 0 spiro atoms. The minimum atomic E-state index is 0.277. The second-order valence-corrected chi connectivity index (χ2v) is 5.84. The van der Waals surface area contributed by atoms with Crippen molar-refractivity contribution in [2.45, 2.75) is 26.8 Å². The third-order valence-electron chi connectivity index (χ3n) is 3.06. The summed E-state index contributed by atoms with van der Waals surface area (Å²) in [6.07, 6.45) is 0.